The lowest BCUT2D eigenvalue weighted by Gasteiger charge is -2.36. The van der Waals surface area contributed by atoms with Gasteiger partial charge in [0, 0.05) is 13.1 Å². The Kier molecular flexibility index (Phi) is 7.50. The van der Waals surface area contributed by atoms with E-state index in [4.69, 9.17) is 9.16 Å². The summed E-state index contributed by atoms with van der Waals surface area (Å²) in [5.74, 6) is 0. The van der Waals surface area contributed by atoms with Crippen molar-refractivity contribution in [3.05, 3.63) is 0 Å². The van der Waals surface area contributed by atoms with Crippen molar-refractivity contribution in [1.29, 1.82) is 0 Å². The number of nitrogens with one attached hydrogen (secondary N) is 2. The first-order valence-electron chi connectivity index (χ1n) is 6.40. The first-order chi connectivity index (χ1) is 8.20. The Morgan fingerprint density at radius 3 is 2.28 bits per heavy atom. The fraction of sp³-hybridized carbons (Fsp3) is 0.917. The zero-order valence-electron chi connectivity index (χ0n) is 12.6. The number of carbonyl (C=O) groups is 1. The largest absolute Gasteiger partial charge is 0.447 e. The number of amides is 1. The first kappa shape index (κ1) is 17.4. The topological polar surface area (TPSA) is 59.6 Å². The number of ether oxygens (including phenoxy) is 1. The van der Waals surface area contributed by atoms with Gasteiger partial charge in [-0.15, -0.1) is 0 Å². The standard InChI is InChI=1S/C12H28N2O3Si/c1-12(2,3)18(5,6)17-10-9-16-11(15)14-8-7-13-4/h13H,7-10H2,1-6H3,(H,14,15). The molecule has 0 aliphatic rings. The van der Waals surface area contributed by atoms with Gasteiger partial charge in [-0.05, 0) is 25.2 Å². The molecule has 0 aromatic rings. The molecule has 0 heterocycles. The van der Waals surface area contributed by atoms with Crippen LogP contribution in [0.2, 0.25) is 18.1 Å². The lowest BCUT2D eigenvalue weighted by Crippen LogP contribution is -2.41. The molecule has 0 aromatic heterocycles. The van der Waals surface area contributed by atoms with Gasteiger partial charge < -0.3 is 19.8 Å². The molecule has 108 valence electrons. The van der Waals surface area contributed by atoms with E-state index in [0.717, 1.165) is 6.54 Å². The van der Waals surface area contributed by atoms with E-state index in [1.54, 1.807) is 0 Å². The predicted molar refractivity (Wildman–Crippen MR) is 76.4 cm³/mol. The summed E-state index contributed by atoms with van der Waals surface area (Å²) in [5, 5.41) is 5.76. The van der Waals surface area contributed by atoms with E-state index in [2.05, 4.69) is 44.5 Å². The summed E-state index contributed by atoms with van der Waals surface area (Å²) >= 11 is 0. The fourth-order valence-electron chi connectivity index (χ4n) is 0.988. The Morgan fingerprint density at radius 1 is 1.17 bits per heavy atom. The molecule has 0 aromatic carbocycles. The molecule has 18 heavy (non-hydrogen) atoms. The zero-order chi connectivity index (χ0) is 14.2. The van der Waals surface area contributed by atoms with Crippen molar-refractivity contribution in [2.45, 2.75) is 38.9 Å². The Labute approximate surface area is 112 Å². The van der Waals surface area contributed by atoms with Crippen molar-refractivity contribution >= 4 is 14.4 Å². The van der Waals surface area contributed by atoms with Crippen molar-refractivity contribution in [2.24, 2.45) is 0 Å². The maximum atomic E-state index is 11.2. The molecule has 0 aliphatic carbocycles. The average molecular weight is 276 g/mol. The van der Waals surface area contributed by atoms with Gasteiger partial charge in [-0.25, -0.2) is 4.79 Å². The molecule has 0 unspecified atom stereocenters. The van der Waals surface area contributed by atoms with Crippen LogP contribution in [-0.4, -0.2) is 47.8 Å². The second-order valence-corrected chi connectivity index (χ2v) is 10.6. The number of rotatable bonds is 7. The molecule has 0 atom stereocenters. The van der Waals surface area contributed by atoms with Crippen molar-refractivity contribution in [3.8, 4) is 0 Å². The van der Waals surface area contributed by atoms with Crippen molar-refractivity contribution in [3.63, 3.8) is 0 Å². The quantitative estimate of drug-likeness (QED) is 0.551. The molecular weight excluding hydrogens is 248 g/mol. The molecule has 0 fully saturated rings. The van der Waals surface area contributed by atoms with E-state index in [1.165, 1.54) is 0 Å². The van der Waals surface area contributed by atoms with E-state index in [9.17, 15) is 4.79 Å². The van der Waals surface area contributed by atoms with Crippen LogP contribution in [0.4, 0.5) is 4.79 Å². The lowest BCUT2D eigenvalue weighted by molar-refractivity contribution is 0.121. The molecule has 6 heteroatoms. The predicted octanol–water partition coefficient (Wildman–Crippen LogP) is 1.95. The van der Waals surface area contributed by atoms with Crippen molar-refractivity contribution < 1.29 is 14.0 Å². The minimum absolute atomic E-state index is 0.183. The number of alkyl carbamates (subject to hydrolysis) is 1. The van der Waals surface area contributed by atoms with Gasteiger partial charge in [0.15, 0.2) is 8.32 Å². The van der Waals surface area contributed by atoms with Gasteiger partial charge in [0.2, 0.25) is 0 Å². The van der Waals surface area contributed by atoms with E-state index in [-0.39, 0.29) is 11.1 Å². The summed E-state index contributed by atoms with van der Waals surface area (Å²) in [7, 11) is 0.104. The summed E-state index contributed by atoms with van der Waals surface area (Å²) in [6.45, 7) is 13.0. The Bertz CT molecular complexity index is 252. The van der Waals surface area contributed by atoms with Crippen LogP contribution in [0.3, 0.4) is 0 Å². The third-order valence-corrected chi connectivity index (χ3v) is 7.77. The summed E-state index contributed by atoms with van der Waals surface area (Å²) in [6, 6.07) is 0. The fourth-order valence-corrected chi connectivity index (χ4v) is 2.01. The van der Waals surface area contributed by atoms with Crippen LogP contribution in [-0.2, 0) is 9.16 Å². The molecule has 0 saturated heterocycles. The maximum absolute atomic E-state index is 11.2. The molecule has 0 saturated carbocycles. The lowest BCUT2D eigenvalue weighted by atomic mass is 10.2. The van der Waals surface area contributed by atoms with Crippen molar-refractivity contribution in [1.82, 2.24) is 10.6 Å². The Balaban J connectivity index is 3.71. The van der Waals surface area contributed by atoms with E-state index >= 15 is 0 Å². The molecule has 0 spiro atoms. The van der Waals surface area contributed by atoms with Gasteiger partial charge >= 0.3 is 6.09 Å². The highest BCUT2D eigenvalue weighted by Crippen LogP contribution is 2.36. The summed E-state index contributed by atoms with van der Waals surface area (Å²) in [5.41, 5.74) is 0. The average Bonchev–Trinajstić information content (AvgIpc) is 2.23. The van der Waals surface area contributed by atoms with Gasteiger partial charge in [0.1, 0.15) is 6.61 Å². The smallest absolute Gasteiger partial charge is 0.407 e. The second-order valence-electron chi connectivity index (χ2n) is 5.78. The summed E-state index contributed by atoms with van der Waals surface area (Å²) in [6.07, 6.45) is -0.385. The maximum Gasteiger partial charge on any atom is 0.407 e. The molecule has 0 bridgehead atoms. The highest BCUT2D eigenvalue weighted by molar-refractivity contribution is 6.74. The van der Waals surface area contributed by atoms with Gasteiger partial charge in [0.05, 0.1) is 6.61 Å². The van der Waals surface area contributed by atoms with Gasteiger partial charge in [-0.1, -0.05) is 20.8 Å². The number of carbonyl (C=O) groups excluding carboxylic acids is 1. The summed E-state index contributed by atoms with van der Waals surface area (Å²) < 4.78 is 10.9. The van der Waals surface area contributed by atoms with E-state index in [0.29, 0.717) is 19.8 Å². The van der Waals surface area contributed by atoms with Gasteiger partial charge in [0.25, 0.3) is 0 Å². The molecular formula is C12H28N2O3Si. The zero-order valence-corrected chi connectivity index (χ0v) is 13.6. The third kappa shape index (κ3) is 6.98. The third-order valence-electron chi connectivity index (χ3n) is 3.23. The van der Waals surface area contributed by atoms with Crippen LogP contribution >= 0.6 is 0 Å². The van der Waals surface area contributed by atoms with Gasteiger partial charge in [-0.3, -0.25) is 0 Å². The number of hydrogen-bond acceptors (Lipinski definition) is 4. The van der Waals surface area contributed by atoms with Crippen LogP contribution in [0.1, 0.15) is 20.8 Å². The monoisotopic (exact) mass is 276 g/mol. The summed E-state index contributed by atoms with van der Waals surface area (Å²) in [4.78, 5) is 11.2. The molecule has 2 N–H and O–H groups in total. The van der Waals surface area contributed by atoms with E-state index < -0.39 is 8.32 Å². The minimum Gasteiger partial charge on any atom is -0.447 e. The highest BCUT2D eigenvalue weighted by atomic mass is 28.4. The number of likely N-dealkylation sites (N-methyl/N-ethyl adjacent to an activating group) is 1. The highest BCUT2D eigenvalue weighted by Gasteiger charge is 2.36. The Hall–Kier alpha value is -0.593. The molecule has 0 radical (unpaired) electrons. The van der Waals surface area contributed by atoms with Crippen LogP contribution < -0.4 is 10.6 Å². The van der Waals surface area contributed by atoms with E-state index in [1.807, 2.05) is 7.05 Å². The minimum atomic E-state index is -1.73. The molecule has 0 aliphatic heterocycles. The second kappa shape index (κ2) is 7.76. The first-order valence-corrected chi connectivity index (χ1v) is 9.31. The van der Waals surface area contributed by atoms with Gasteiger partial charge in [-0.2, -0.15) is 0 Å². The van der Waals surface area contributed by atoms with Crippen LogP contribution in [0.25, 0.3) is 0 Å². The Morgan fingerprint density at radius 2 is 1.78 bits per heavy atom. The normalized spacial score (nSPS) is 12.3. The number of hydrogen-bond donors (Lipinski definition) is 2. The van der Waals surface area contributed by atoms with Crippen LogP contribution in [0, 0.1) is 0 Å². The molecule has 0 rings (SSSR count). The van der Waals surface area contributed by atoms with Crippen LogP contribution in [0.15, 0.2) is 0 Å². The van der Waals surface area contributed by atoms with Crippen molar-refractivity contribution in [2.75, 3.05) is 33.4 Å². The van der Waals surface area contributed by atoms with Crippen LogP contribution in [0.5, 0.6) is 0 Å². The molecule has 1 amide bonds. The molecule has 5 nitrogen and oxygen atoms in total. The SMILES string of the molecule is CNCCNC(=O)OCCO[Si](C)(C)C(C)(C)C.